The van der Waals surface area contributed by atoms with Crippen molar-refractivity contribution in [3.05, 3.63) is 59.7 Å². The van der Waals surface area contributed by atoms with E-state index in [4.69, 9.17) is 23.7 Å². The molecule has 1 fully saturated rings. The lowest BCUT2D eigenvalue weighted by molar-refractivity contribution is 0.0310. The van der Waals surface area contributed by atoms with Gasteiger partial charge in [-0.3, -0.25) is 9.80 Å². The van der Waals surface area contributed by atoms with E-state index in [1.807, 2.05) is 36.4 Å². The van der Waals surface area contributed by atoms with Crippen LogP contribution in [0.4, 0.5) is 0 Å². The first kappa shape index (κ1) is 25.5. The zero-order valence-electron chi connectivity index (χ0n) is 20.0. The minimum atomic E-state index is 0.603. The van der Waals surface area contributed by atoms with Crippen LogP contribution in [0.15, 0.2) is 48.5 Å². The molecule has 182 valence electrons. The second kappa shape index (κ2) is 14.9. The minimum Gasteiger partial charge on any atom is -0.496 e. The van der Waals surface area contributed by atoms with Gasteiger partial charge >= 0.3 is 0 Å². The Kier molecular flexibility index (Phi) is 11.5. The maximum absolute atomic E-state index is 6.03. The highest BCUT2D eigenvalue weighted by molar-refractivity contribution is 5.33. The first-order chi connectivity index (χ1) is 16.3. The lowest BCUT2D eigenvalue weighted by Crippen LogP contribution is -2.33. The third-order valence-electron chi connectivity index (χ3n) is 5.75. The van der Waals surface area contributed by atoms with Crippen LogP contribution in [0.25, 0.3) is 0 Å². The van der Waals surface area contributed by atoms with E-state index >= 15 is 0 Å². The summed E-state index contributed by atoms with van der Waals surface area (Å²) in [6.45, 7) is 8.83. The SMILES string of the molecule is COc1ccccc1CN1CCOCCOCCN(Cc2ccccc2OC)CCOCC1. The second-order valence-electron chi connectivity index (χ2n) is 8.01. The zero-order valence-corrected chi connectivity index (χ0v) is 20.0. The largest absolute Gasteiger partial charge is 0.496 e. The van der Waals surface area contributed by atoms with Crippen LogP contribution in [0.1, 0.15) is 11.1 Å². The number of nitrogens with zero attached hydrogens (tertiary/aromatic N) is 2. The molecule has 1 aliphatic heterocycles. The minimum absolute atomic E-state index is 0.603. The number of hydrogen-bond acceptors (Lipinski definition) is 7. The fraction of sp³-hybridized carbons (Fsp3) is 0.538. The van der Waals surface area contributed by atoms with Gasteiger partial charge in [0.15, 0.2) is 0 Å². The molecular weight excluding hydrogens is 420 g/mol. The average Bonchev–Trinajstić information content (AvgIpc) is 2.85. The topological polar surface area (TPSA) is 52.6 Å². The molecule has 7 nitrogen and oxygen atoms in total. The van der Waals surface area contributed by atoms with Crippen LogP contribution < -0.4 is 9.47 Å². The van der Waals surface area contributed by atoms with Crippen molar-refractivity contribution in [2.45, 2.75) is 13.1 Å². The molecule has 7 heteroatoms. The maximum Gasteiger partial charge on any atom is 0.123 e. The summed E-state index contributed by atoms with van der Waals surface area (Å²) in [5.74, 6) is 1.83. The van der Waals surface area contributed by atoms with Crippen LogP contribution in [0.5, 0.6) is 11.5 Å². The molecule has 1 saturated heterocycles. The lowest BCUT2D eigenvalue weighted by Gasteiger charge is -2.24. The van der Waals surface area contributed by atoms with Gasteiger partial charge in [-0.1, -0.05) is 36.4 Å². The normalized spacial score (nSPS) is 18.2. The smallest absolute Gasteiger partial charge is 0.123 e. The Morgan fingerprint density at radius 1 is 0.576 bits per heavy atom. The summed E-state index contributed by atoms with van der Waals surface area (Å²) in [4.78, 5) is 4.70. The van der Waals surface area contributed by atoms with Gasteiger partial charge < -0.3 is 23.7 Å². The average molecular weight is 459 g/mol. The van der Waals surface area contributed by atoms with Crippen LogP contribution in [-0.4, -0.2) is 89.8 Å². The van der Waals surface area contributed by atoms with E-state index in [0.717, 1.165) is 50.8 Å². The summed E-state index contributed by atoms with van der Waals surface area (Å²) in [6, 6.07) is 16.3. The Morgan fingerprint density at radius 3 is 1.33 bits per heavy atom. The van der Waals surface area contributed by atoms with Gasteiger partial charge in [0.05, 0.1) is 53.9 Å². The van der Waals surface area contributed by atoms with Gasteiger partial charge in [0.2, 0.25) is 0 Å². The van der Waals surface area contributed by atoms with E-state index in [1.165, 1.54) is 11.1 Å². The summed E-state index contributed by atoms with van der Waals surface area (Å²) < 4.78 is 28.7. The first-order valence-electron chi connectivity index (χ1n) is 11.7. The van der Waals surface area contributed by atoms with Crippen LogP contribution in [0.3, 0.4) is 0 Å². The van der Waals surface area contributed by atoms with Crippen LogP contribution in [0.2, 0.25) is 0 Å². The first-order valence-corrected chi connectivity index (χ1v) is 11.7. The van der Waals surface area contributed by atoms with Crippen molar-refractivity contribution >= 4 is 0 Å². The molecule has 1 heterocycles. The van der Waals surface area contributed by atoms with Crippen molar-refractivity contribution in [1.82, 2.24) is 9.80 Å². The molecule has 0 atom stereocenters. The van der Waals surface area contributed by atoms with Gasteiger partial charge in [-0.05, 0) is 12.1 Å². The Bertz CT molecular complexity index is 738. The third kappa shape index (κ3) is 8.95. The van der Waals surface area contributed by atoms with Crippen molar-refractivity contribution in [2.75, 3.05) is 80.0 Å². The molecule has 0 N–H and O–H groups in total. The fourth-order valence-corrected chi connectivity index (χ4v) is 3.89. The Balaban J connectivity index is 1.56. The molecule has 33 heavy (non-hydrogen) atoms. The van der Waals surface area contributed by atoms with Gasteiger partial charge in [0, 0.05) is 50.4 Å². The molecule has 2 aromatic rings. The maximum atomic E-state index is 6.03. The molecule has 0 amide bonds. The number of methoxy groups -OCH3 is 2. The summed E-state index contributed by atoms with van der Waals surface area (Å²) in [6.07, 6.45) is 0. The third-order valence-corrected chi connectivity index (χ3v) is 5.75. The van der Waals surface area contributed by atoms with Crippen molar-refractivity contribution in [3.8, 4) is 11.5 Å². The molecule has 1 aliphatic rings. The summed E-state index contributed by atoms with van der Waals surface area (Å²) in [5.41, 5.74) is 2.34. The van der Waals surface area contributed by atoms with Gasteiger partial charge in [-0.15, -0.1) is 0 Å². The molecule has 0 unspecified atom stereocenters. The molecule has 0 aliphatic carbocycles. The van der Waals surface area contributed by atoms with Gasteiger partial charge in [-0.2, -0.15) is 0 Å². The monoisotopic (exact) mass is 458 g/mol. The molecule has 0 radical (unpaired) electrons. The van der Waals surface area contributed by atoms with E-state index in [1.54, 1.807) is 14.2 Å². The van der Waals surface area contributed by atoms with Crippen LogP contribution in [-0.2, 0) is 27.3 Å². The van der Waals surface area contributed by atoms with Crippen molar-refractivity contribution in [1.29, 1.82) is 0 Å². The molecule has 2 aromatic carbocycles. The Labute approximate surface area is 198 Å². The number of rotatable bonds is 6. The van der Waals surface area contributed by atoms with Crippen molar-refractivity contribution < 1.29 is 23.7 Å². The highest BCUT2D eigenvalue weighted by Gasteiger charge is 2.12. The van der Waals surface area contributed by atoms with Gasteiger partial charge in [0.1, 0.15) is 11.5 Å². The predicted octanol–water partition coefficient (Wildman–Crippen LogP) is 3.07. The highest BCUT2D eigenvalue weighted by atomic mass is 16.5. The molecule has 0 saturated carbocycles. The van der Waals surface area contributed by atoms with E-state index in [2.05, 4.69) is 21.9 Å². The van der Waals surface area contributed by atoms with E-state index < -0.39 is 0 Å². The van der Waals surface area contributed by atoms with Crippen LogP contribution >= 0.6 is 0 Å². The Hall–Kier alpha value is -2.16. The van der Waals surface area contributed by atoms with Gasteiger partial charge in [0.25, 0.3) is 0 Å². The highest BCUT2D eigenvalue weighted by Crippen LogP contribution is 2.20. The van der Waals surface area contributed by atoms with Gasteiger partial charge in [-0.25, -0.2) is 0 Å². The standard InChI is InChI=1S/C26H38N2O5/c1-29-25-9-5-3-7-23(25)21-27-11-15-31-16-12-28(14-18-33-20-19-32-17-13-27)22-24-8-4-6-10-26(24)30-2/h3-10H,11-22H2,1-2H3. The number of benzene rings is 2. The molecule has 3 rings (SSSR count). The summed E-state index contributed by atoms with van der Waals surface area (Å²) in [5, 5.41) is 0. The molecule has 0 aromatic heterocycles. The van der Waals surface area contributed by atoms with E-state index in [0.29, 0.717) is 39.6 Å². The molecular formula is C26H38N2O5. The summed E-state index contributed by atoms with van der Waals surface area (Å²) >= 11 is 0. The number of para-hydroxylation sites is 2. The molecule has 0 spiro atoms. The Morgan fingerprint density at radius 2 is 0.939 bits per heavy atom. The summed E-state index contributed by atoms with van der Waals surface area (Å²) in [7, 11) is 3.43. The lowest BCUT2D eigenvalue weighted by atomic mass is 10.2. The van der Waals surface area contributed by atoms with Crippen molar-refractivity contribution in [3.63, 3.8) is 0 Å². The van der Waals surface area contributed by atoms with Crippen LogP contribution in [0, 0.1) is 0 Å². The number of hydrogen-bond donors (Lipinski definition) is 0. The zero-order chi connectivity index (χ0) is 23.1. The quantitative estimate of drug-likeness (QED) is 0.659. The van der Waals surface area contributed by atoms with E-state index in [-0.39, 0.29) is 0 Å². The molecule has 0 bridgehead atoms. The fourth-order valence-electron chi connectivity index (χ4n) is 3.89. The second-order valence-corrected chi connectivity index (χ2v) is 8.01. The van der Waals surface area contributed by atoms with E-state index in [9.17, 15) is 0 Å². The van der Waals surface area contributed by atoms with Crippen molar-refractivity contribution in [2.24, 2.45) is 0 Å². The number of ether oxygens (including phenoxy) is 5. The predicted molar refractivity (Wildman–Crippen MR) is 129 cm³/mol.